The van der Waals surface area contributed by atoms with E-state index in [4.69, 9.17) is 5.73 Å². The molecular formula is C13H12N4OS. The maximum atomic E-state index is 11.7. The smallest absolute Gasteiger partial charge is 0.237 e. The van der Waals surface area contributed by atoms with Gasteiger partial charge < -0.3 is 11.1 Å². The highest BCUT2D eigenvalue weighted by Gasteiger charge is 2.23. The number of anilines is 2. The van der Waals surface area contributed by atoms with Crippen molar-refractivity contribution in [3.63, 3.8) is 0 Å². The molecule has 19 heavy (non-hydrogen) atoms. The summed E-state index contributed by atoms with van der Waals surface area (Å²) in [4.78, 5) is 20.8. The van der Waals surface area contributed by atoms with Gasteiger partial charge in [0.15, 0.2) is 0 Å². The number of nitrogens with one attached hydrogen (secondary N) is 1. The first-order valence-corrected chi connectivity index (χ1v) is 6.72. The quantitative estimate of drug-likeness (QED) is 0.831. The number of fused-ring (bicyclic) bond motifs is 1. The van der Waals surface area contributed by atoms with Gasteiger partial charge in [0.1, 0.15) is 0 Å². The van der Waals surface area contributed by atoms with Crippen LogP contribution in [0.25, 0.3) is 11.3 Å². The summed E-state index contributed by atoms with van der Waals surface area (Å²) in [5.74, 6) is 0.263. The first kappa shape index (κ1) is 12.0. The van der Waals surface area contributed by atoms with Gasteiger partial charge in [-0.15, -0.1) is 11.8 Å². The van der Waals surface area contributed by atoms with Crippen LogP contribution in [0.5, 0.6) is 0 Å². The third kappa shape index (κ3) is 2.26. The minimum absolute atomic E-state index is 0.0249. The van der Waals surface area contributed by atoms with Crippen LogP contribution in [0.15, 0.2) is 35.4 Å². The lowest BCUT2D eigenvalue weighted by Crippen LogP contribution is -2.26. The number of carbonyl (C=O) groups is 1. The Morgan fingerprint density at radius 1 is 1.37 bits per heavy atom. The number of aromatic nitrogens is 2. The number of rotatable bonds is 1. The Balaban J connectivity index is 2.02. The molecule has 0 bridgehead atoms. The molecule has 3 N–H and O–H groups in total. The van der Waals surface area contributed by atoms with Crippen molar-refractivity contribution < 1.29 is 4.79 Å². The number of carbonyl (C=O) groups excluding carboxylic acids is 1. The maximum absolute atomic E-state index is 11.7. The minimum atomic E-state index is -0.0620. The number of hydrogen-bond donors (Lipinski definition) is 2. The van der Waals surface area contributed by atoms with Crippen molar-refractivity contribution >= 4 is 29.3 Å². The number of nitrogen functional groups attached to an aromatic ring is 1. The van der Waals surface area contributed by atoms with E-state index in [0.717, 1.165) is 21.8 Å². The van der Waals surface area contributed by atoms with E-state index in [2.05, 4.69) is 15.3 Å². The fraction of sp³-hybridized carbons (Fsp3) is 0.154. The molecule has 6 heteroatoms. The minimum Gasteiger partial charge on any atom is -0.368 e. The molecule has 1 amide bonds. The van der Waals surface area contributed by atoms with Crippen LogP contribution in [0.1, 0.15) is 6.92 Å². The van der Waals surface area contributed by atoms with Crippen LogP contribution in [0, 0.1) is 0 Å². The van der Waals surface area contributed by atoms with E-state index < -0.39 is 0 Å². The third-order valence-electron chi connectivity index (χ3n) is 2.88. The van der Waals surface area contributed by atoms with E-state index in [9.17, 15) is 4.79 Å². The molecule has 0 fully saturated rings. The fourth-order valence-electron chi connectivity index (χ4n) is 1.90. The van der Waals surface area contributed by atoms with Crippen molar-refractivity contribution in [1.82, 2.24) is 9.97 Å². The zero-order valence-electron chi connectivity index (χ0n) is 10.3. The Labute approximate surface area is 114 Å². The Hall–Kier alpha value is -2.08. The molecule has 0 saturated heterocycles. The zero-order valence-corrected chi connectivity index (χ0v) is 11.1. The fourth-order valence-corrected chi connectivity index (χ4v) is 2.83. The van der Waals surface area contributed by atoms with E-state index >= 15 is 0 Å². The van der Waals surface area contributed by atoms with Gasteiger partial charge >= 0.3 is 0 Å². The second-order valence-electron chi connectivity index (χ2n) is 4.26. The highest BCUT2D eigenvalue weighted by molar-refractivity contribution is 8.00. The topological polar surface area (TPSA) is 80.9 Å². The van der Waals surface area contributed by atoms with E-state index in [1.165, 1.54) is 0 Å². The van der Waals surface area contributed by atoms with Gasteiger partial charge in [-0.05, 0) is 25.1 Å². The molecule has 0 spiro atoms. The molecule has 0 saturated carbocycles. The zero-order chi connectivity index (χ0) is 13.4. The van der Waals surface area contributed by atoms with Crippen LogP contribution in [-0.4, -0.2) is 21.1 Å². The maximum Gasteiger partial charge on any atom is 0.237 e. The van der Waals surface area contributed by atoms with Gasteiger partial charge in [-0.2, -0.15) is 0 Å². The average molecular weight is 272 g/mol. The van der Waals surface area contributed by atoms with Crippen LogP contribution in [-0.2, 0) is 4.79 Å². The molecule has 96 valence electrons. The number of nitrogens with zero attached hydrogens (tertiary/aromatic N) is 2. The lowest BCUT2D eigenvalue weighted by atomic mass is 10.1. The van der Waals surface area contributed by atoms with Crippen molar-refractivity contribution in [2.24, 2.45) is 0 Å². The summed E-state index contributed by atoms with van der Waals surface area (Å²) < 4.78 is 0. The third-order valence-corrected chi connectivity index (χ3v) is 4.06. The molecule has 2 aromatic rings. The molecule has 1 unspecified atom stereocenters. The summed E-state index contributed by atoms with van der Waals surface area (Å²) in [5, 5.41) is 2.84. The highest BCUT2D eigenvalue weighted by Crippen LogP contribution is 2.37. The summed E-state index contributed by atoms with van der Waals surface area (Å²) in [7, 11) is 0. The van der Waals surface area contributed by atoms with Crippen molar-refractivity contribution in [2.75, 3.05) is 11.1 Å². The van der Waals surface area contributed by atoms with Gasteiger partial charge in [0.05, 0.1) is 16.6 Å². The van der Waals surface area contributed by atoms with Crippen LogP contribution in [0.4, 0.5) is 11.6 Å². The van der Waals surface area contributed by atoms with Gasteiger partial charge in [-0.3, -0.25) is 4.79 Å². The van der Waals surface area contributed by atoms with Crippen LogP contribution < -0.4 is 11.1 Å². The highest BCUT2D eigenvalue weighted by atomic mass is 32.2. The van der Waals surface area contributed by atoms with Crippen LogP contribution >= 0.6 is 11.8 Å². The predicted octanol–water partition coefficient (Wildman–Crippen LogP) is 2.16. The number of amides is 1. The lowest BCUT2D eigenvalue weighted by molar-refractivity contribution is -0.115. The first-order valence-electron chi connectivity index (χ1n) is 5.84. The van der Waals surface area contributed by atoms with Crippen molar-refractivity contribution in [2.45, 2.75) is 17.1 Å². The molecule has 0 radical (unpaired) electrons. The molecule has 1 aliphatic heterocycles. The molecule has 3 rings (SSSR count). The standard InChI is InChI=1S/C13H12N4OS/c1-7-12(18)16-10-6-8(2-3-11(10)19-7)9-4-5-15-13(14)17-9/h2-7H,1H3,(H,16,18)(H2,14,15,17). The molecular weight excluding hydrogens is 260 g/mol. The summed E-state index contributed by atoms with van der Waals surface area (Å²) in [6.45, 7) is 1.89. The normalized spacial score (nSPS) is 17.7. The van der Waals surface area contributed by atoms with Crippen molar-refractivity contribution in [3.05, 3.63) is 30.5 Å². The summed E-state index contributed by atoms with van der Waals surface area (Å²) >= 11 is 1.56. The van der Waals surface area contributed by atoms with E-state index in [1.807, 2.05) is 25.1 Å². The Morgan fingerprint density at radius 2 is 2.21 bits per heavy atom. The Bertz CT molecular complexity index is 659. The second kappa shape index (κ2) is 4.55. The van der Waals surface area contributed by atoms with E-state index in [-0.39, 0.29) is 17.1 Å². The Morgan fingerprint density at radius 3 is 3.00 bits per heavy atom. The SMILES string of the molecule is CC1Sc2ccc(-c3ccnc(N)n3)cc2NC1=O. The van der Waals surface area contributed by atoms with Gasteiger partial charge in [0.25, 0.3) is 0 Å². The van der Waals surface area contributed by atoms with Gasteiger partial charge in [-0.1, -0.05) is 6.07 Å². The average Bonchev–Trinajstić information content (AvgIpc) is 2.39. The second-order valence-corrected chi connectivity index (χ2v) is 5.64. The summed E-state index contributed by atoms with van der Waals surface area (Å²) in [6, 6.07) is 7.66. The van der Waals surface area contributed by atoms with Crippen LogP contribution in [0.2, 0.25) is 0 Å². The number of hydrogen-bond acceptors (Lipinski definition) is 5. The molecule has 0 aliphatic carbocycles. The first-order chi connectivity index (χ1) is 9.13. The molecule has 1 atom stereocenters. The number of benzene rings is 1. The van der Waals surface area contributed by atoms with E-state index in [0.29, 0.717) is 0 Å². The van der Waals surface area contributed by atoms with Crippen molar-refractivity contribution in [1.29, 1.82) is 0 Å². The molecule has 1 aromatic heterocycles. The van der Waals surface area contributed by atoms with Gasteiger partial charge in [0, 0.05) is 16.7 Å². The monoisotopic (exact) mass is 272 g/mol. The van der Waals surface area contributed by atoms with Crippen molar-refractivity contribution in [3.8, 4) is 11.3 Å². The van der Waals surface area contributed by atoms with Gasteiger partial charge in [0.2, 0.25) is 11.9 Å². The van der Waals surface area contributed by atoms with Crippen LogP contribution in [0.3, 0.4) is 0 Å². The molecule has 1 aromatic carbocycles. The van der Waals surface area contributed by atoms with E-state index in [1.54, 1.807) is 24.0 Å². The Kier molecular flexibility index (Phi) is 2.87. The number of nitrogens with two attached hydrogens (primary N) is 1. The lowest BCUT2D eigenvalue weighted by Gasteiger charge is -2.21. The summed E-state index contributed by atoms with van der Waals surface area (Å²) in [5.41, 5.74) is 8.05. The largest absolute Gasteiger partial charge is 0.368 e. The molecule has 2 heterocycles. The summed E-state index contributed by atoms with van der Waals surface area (Å²) in [6.07, 6.45) is 1.62. The van der Waals surface area contributed by atoms with Gasteiger partial charge in [-0.25, -0.2) is 9.97 Å². The molecule has 5 nitrogen and oxygen atoms in total. The molecule has 1 aliphatic rings. The predicted molar refractivity (Wildman–Crippen MR) is 75.8 cm³/mol. The number of thioether (sulfide) groups is 1.